The van der Waals surface area contributed by atoms with Crippen LogP contribution in [0.5, 0.6) is 0 Å². The van der Waals surface area contributed by atoms with E-state index in [1.165, 1.54) is 11.1 Å². The van der Waals surface area contributed by atoms with E-state index < -0.39 is 5.41 Å². The Hall–Kier alpha value is -3.36. The van der Waals surface area contributed by atoms with Crippen LogP contribution in [0.2, 0.25) is 0 Å². The largest absolute Gasteiger partial charge is 0.380 e. The van der Waals surface area contributed by atoms with E-state index in [-0.39, 0.29) is 11.7 Å². The SMILES string of the molecule is CC(=O)C(C)(C)C(c1ccc(C)c(Cn2ccnc2CN2CCCOCC2)c1)c1ccc2c(nnn2C)c1C. The van der Waals surface area contributed by atoms with Crippen LogP contribution in [0, 0.1) is 19.3 Å². The number of aromatic nitrogens is 5. The molecule has 8 heteroatoms. The highest BCUT2D eigenvalue weighted by molar-refractivity contribution is 5.85. The predicted molar refractivity (Wildman–Crippen MR) is 153 cm³/mol. The number of hydrogen-bond donors (Lipinski definition) is 0. The molecule has 4 aromatic rings. The number of benzene rings is 2. The standard InChI is InChI=1S/C31H40N6O2/c1-21-8-9-24(18-25(21)19-37-14-12-32-28(37)20-36-13-7-16-39-17-15-36)29(31(4,5)23(3)38)26-10-11-27-30(22(26)2)33-34-35(27)6/h8-12,14,18,29H,7,13,15-17,19-20H2,1-6H3. The molecule has 0 bridgehead atoms. The number of Topliss-reactive ketones (excluding diaryl/α,β-unsaturated/α-hetero) is 1. The number of fused-ring (bicyclic) bond motifs is 1. The first-order chi connectivity index (χ1) is 18.7. The molecule has 5 rings (SSSR count). The van der Waals surface area contributed by atoms with Crippen LogP contribution in [0.1, 0.15) is 66.8 Å². The molecule has 1 saturated heterocycles. The Morgan fingerprint density at radius 3 is 2.72 bits per heavy atom. The maximum Gasteiger partial charge on any atom is 0.136 e. The Balaban J connectivity index is 1.52. The van der Waals surface area contributed by atoms with Gasteiger partial charge in [-0.3, -0.25) is 9.69 Å². The van der Waals surface area contributed by atoms with E-state index in [0.717, 1.165) is 79.4 Å². The summed E-state index contributed by atoms with van der Waals surface area (Å²) >= 11 is 0. The number of nitrogens with zero attached hydrogens (tertiary/aromatic N) is 6. The molecule has 3 heterocycles. The van der Waals surface area contributed by atoms with Crippen molar-refractivity contribution in [1.82, 2.24) is 29.4 Å². The summed E-state index contributed by atoms with van der Waals surface area (Å²) in [5, 5.41) is 8.66. The molecule has 2 aromatic heterocycles. The number of hydrogen-bond acceptors (Lipinski definition) is 6. The molecule has 1 aliphatic heterocycles. The molecule has 0 spiro atoms. The second kappa shape index (κ2) is 11.0. The molecule has 0 radical (unpaired) electrons. The lowest BCUT2D eigenvalue weighted by Crippen LogP contribution is -2.31. The van der Waals surface area contributed by atoms with Gasteiger partial charge in [0.15, 0.2) is 0 Å². The van der Waals surface area contributed by atoms with E-state index in [4.69, 9.17) is 9.72 Å². The number of carbonyl (C=O) groups excluding carboxylic acids is 1. The molecule has 0 amide bonds. The van der Waals surface area contributed by atoms with Crippen LogP contribution in [0.15, 0.2) is 42.7 Å². The number of imidazole rings is 1. The van der Waals surface area contributed by atoms with Gasteiger partial charge in [0.25, 0.3) is 0 Å². The summed E-state index contributed by atoms with van der Waals surface area (Å²) in [7, 11) is 1.91. The van der Waals surface area contributed by atoms with E-state index in [2.05, 4.69) is 84.0 Å². The minimum atomic E-state index is -0.609. The average Bonchev–Trinajstić information content (AvgIpc) is 3.40. The minimum absolute atomic E-state index is 0.125. The molecule has 39 heavy (non-hydrogen) atoms. The number of ether oxygens (including phenoxy) is 1. The van der Waals surface area contributed by atoms with Crippen LogP contribution in [-0.4, -0.2) is 61.5 Å². The zero-order valence-electron chi connectivity index (χ0n) is 24.1. The minimum Gasteiger partial charge on any atom is -0.380 e. The normalized spacial score (nSPS) is 15.9. The Morgan fingerprint density at radius 2 is 1.92 bits per heavy atom. The summed E-state index contributed by atoms with van der Waals surface area (Å²) in [6.45, 7) is 15.2. The van der Waals surface area contributed by atoms with Gasteiger partial charge in [-0.2, -0.15) is 0 Å². The fraction of sp³-hybridized carbons (Fsp3) is 0.484. The van der Waals surface area contributed by atoms with E-state index >= 15 is 0 Å². The average molecular weight is 529 g/mol. The highest BCUT2D eigenvalue weighted by Gasteiger charge is 2.38. The smallest absolute Gasteiger partial charge is 0.136 e. The molecule has 206 valence electrons. The zero-order valence-corrected chi connectivity index (χ0v) is 24.1. The van der Waals surface area contributed by atoms with E-state index in [0.29, 0.717) is 0 Å². The van der Waals surface area contributed by atoms with Crippen LogP contribution in [0.25, 0.3) is 11.0 Å². The number of carbonyl (C=O) groups is 1. The van der Waals surface area contributed by atoms with Crippen molar-refractivity contribution in [2.45, 2.75) is 60.0 Å². The Bertz CT molecular complexity index is 1480. The van der Waals surface area contributed by atoms with E-state index in [1.807, 2.05) is 13.2 Å². The van der Waals surface area contributed by atoms with Crippen LogP contribution in [0.3, 0.4) is 0 Å². The maximum absolute atomic E-state index is 13.0. The molecule has 1 fully saturated rings. The first-order valence-electron chi connectivity index (χ1n) is 13.9. The third-order valence-electron chi connectivity index (χ3n) is 8.55. The molecular weight excluding hydrogens is 488 g/mol. The first-order valence-corrected chi connectivity index (χ1v) is 13.9. The van der Waals surface area contributed by atoms with E-state index in [1.54, 1.807) is 11.6 Å². The van der Waals surface area contributed by atoms with Gasteiger partial charge in [-0.05, 0) is 61.1 Å². The highest BCUT2D eigenvalue weighted by Crippen LogP contribution is 2.44. The van der Waals surface area contributed by atoms with Crippen molar-refractivity contribution >= 4 is 16.8 Å². The number of rotatable bonds is 8. The van der Waals surface area contributed by atoms with Gasteiger partial charge in [0.2, 0.25) is 0 Å². The third kappa shape index (κ3) is 5.40. The van der Waals surface area contributed by atoms with Gasteiger partial charge in [0.05, 0.1) is 18.7 Å². The molecule has 8 nitrogen and oxygen atoms in total. The van der Waals surface area contributed by atoms with Gasteiger partial charge in [0.1, 0.15) is 17.1 Å². The summed E-state index contributed by atoms with van der Waals surface area (Å²) in [5.74, 6) is 1.10. The van der Waals surface area contributed by atoms with Gasteiger partial charge in [-0.25, -0.2) is 9.67 Å². The van der Waals surface area contributed by atoms with Crippen molar-refractivity contribution in [2.24, 2.45) is 12.5 Å². The van der Waals surface area contributed by atoms with Gasteiger partial charge >= 0.3 is 0 Å². The molecule has 1 aliphatic rings. The zero-order chi connectivity index (χ0) is 27.7. The molecular formula is C31H40N6O2. The fourth-order valence-corrected chi connectivity index (χ4v) is 5.77. The molecule has 1 atom stereocenters. The molecule has 0 aliphatic carbocycles. The van der Waals surface area contributed by atoms with Gasteiger partial charge in [-0.1, -0.05) is 43.3 Å². The first kappa shape index (κ1) is 27.2. The van der Waals surface area contributed by atoms with Crippen LogP contribution in [0.4, 0.5) is 0 Å². The molecule has 2 aromatic carbocycles. The highest BCUT2D eigenvalue weighted by atomic mass is 16.5. The lowest BCUT2D eigenvalue weighted by Gasteiger charge is -2.34. The van der Waals surface area contributed by atoms with E-state index in [9.17, 15) is 4.79 Å². The molecule has 0 N–H and O–H groups in total. The van der Waals surface area contributed by atoms with Crippen LogP contribution < -0.4 is 0 Å². The predicted octanol–water partition coefficient (Wildman–Crippen LogP) is 4.80. The quantitative estimate of drug-likeness (QED) is 0.327. The van der Waals surface area contributed by atoms with Crippen molar-refractivity contribution < 1.29 is 9.53 Å². The second-order valence-corrected chi connectivity index (χ2v) is 11.5. The van der Waals surface area contributed by atoms with Crippen molar-refractivity contribution in [2.75, 3.05) is 26.3 Å². The topological polar surface area (TPSA) is 78.1 Å². The Kier molecular flexibility index (Phi) is 7.69. The van der Waals surface area contributed by atoms with Crippen molar-refractivity contribution in [3.8, 4) is 0 Å². The van der Waals surface area contributed by atoms with Crippen molar-refractivity contribution in [1.29, 1.82) is 0 Å². The van der Waals surface area contributed by atoms with Crippen LogP contribution >= 0.6 is 0 Å². The lowest BCUT2D eigenvalue weighted by molar-refractivity contribution is -0.125. The summed E-state index contributed by atoms with van der Waals surface area (Å²) < 4.78 is 9.68. The maximum atomic E-state index is 13.0. The van der Waals surface area contributed by atoms with Crippen molar-refractivity contribution in [3.63, 3.8) is 0 Å². The Labute approximate surface area is 231 Å². The fourth-order valence-electron chi connectivity index (χ4n) is 5.77. The summed E-state index contributed by atoms with van der Waals surface area (Å²) in [4.78, 5) is 20.2. The van der Waals surface area contributed by atoms with Crippen molar-refractivity contribution in [3.05, 3.63) is 76.4 Å². The number of ketones is 1. The molecule has 0 saturated carbocycles. The number of aryl methyl sites for hydroxylation is 3. The van der Waals surface area contributed by atoms with Crippen LogP contribution in [-0.2, 0) is 29.7 Å². The monoisotopic (exact) mass is 528 g/mol. The summed E-state index contributed by atoms with van der Waals surface area (Å²) in [5.41, 5.74) is 7.04. The Morgan fingerprint density at radius 1 is 1.10 bits per heavy atom. The molecule has 1 unspecified atom stereocenters. The second-order valence-electron chi connectivity index (χ2n) is 11.5. The third-order valence-corrected chi connectivity index (χ3v) is 8.55. The van der Waals surface area contributed by atoms with Gasteiger partial charge in [-0.15, -0.1) is 5.10 Å². The summed E-state index contributed by atoms with van der Waals surface area (Å²) in [6, 6.07) is 10.9. The van der Waals surface area contributed by atoms with Gasteiger partial charge in [0, 0.05) is 57.0 Å². The van der Waals surface area contributed by atoms with Gasteiger partial charge < -0.3 is 9.30 Å². The lowest BCUT2D eigenvalue weighted by atomic mass is 9.68. The summed E-state index contributed by atoms with van der Waals surface area (Å²) in [6.07, 6.45) is 5.01.